The third-order valence-electron chi connectivity index (χ3n) is 4.04. The molecule has 0 saturated heterocycles. The van der Waals surface area contributed by atoms with Gasteiger partial charge in [0.25, 0.3) is 0 Å². The summed E-state index contributed by atoms with van der Waals surface area (Å²) in [5, 5.41) is 6.33. The van der Waals surface area contributed by atoms with E-state index in [1.54, 1.807) is 12.1 Å². The normalized spacial score (nSPS) is 14.6. The number of ether oxygens (including phenoxy) is 2. The van der Waals surface area contributed by atoms with E-state index in [9.17, 15) is 13.2 Å². The topological polar surface area (TPSA) is 120 Å². The summed E-state index contributed by atoms with van der Waals surface area (Å²) in [6.45, 7) is 5.70. The fourth-order valence-corrected chi connectivity index (χ4v) is 4.28. The maximum absolute atomic E-state index is 12.5. The summed E-state index contributed by atoms with van der Waals surface area (Å²) in [6.07, 6.45) is 0. The van der Waals surface area contributed by atoms with Crippen molar-refractivity contribution in [2.24, 2.45) is 0 Å². The Kier molecular flexibility index (Phi) is 5.38. The molecule has 146 valence electrons. The first-order valence-electron chi connectivity index (χ1n) is 8.39. The van der Waals surface area contributed by atoms with Gasteiger partial charge in [0, 0.05) is 6.54 Å². The summed E-state index contributed by atoms with van der Waals surface area (Å²) in [4.78, 5) is 12.2. The Morgan fingerprint density at radius 3 is 2.59 bits per heavy atom. The molecular weight excluding hydrogens is 374 g/mol. The number of nitrogens with zero attached hydrogens (tertiary/aromatic N) is 1. The Balaban J connectivity index is 1.61. The molecule has 1 atom stereocenters. The minimum atomic E-state index is -3.92. The molecule has 27 heavy (non-hydrogen) atoms. The number of carbonyl (C=O) groups is 1. The summed E-state index contributed by atoms with van der Waals surface area (Å²) < 4.78 is 43.1. The second-order valence-corrected chi connectivity index (χ2v) is 7.84. The molecule has 0 unspecified atom stereocenters. The Hall–Kier alpha value is -2.59. The lowest BCUT2D eigenvalue weighted by molar-refractivity contribution is -0.122. The van der Waals surface area contributed by atoms with Crippen molar-refractivity contribution in [1.82, 2.24) is 15.2 Å². The van der Waals surface area contributed by atoms with Crippen LogP contribution in [0.1, 0.15) is 23.9 Å². The first-order chi connectivity index (χ1) is 12.8. The van der Waals surface area contributed by atoms with E-state index >= 15 is 0 Å². The largest absolute Gasteiger partial charge is 0.486 e. The van der Waals surface area contributed by atoms with Crippen LogP contribution in [0.5, 0.6) is 11.5 Å². The number of hydrogen-bond donors (Lipinski definition) is 2. The van der Waals surface area contributed by atoms with Crippen LogP contribution in [0.2, 0.25) is 0 Å². The molecule has 1 aliphatic heterocycles. The number of hydrogen-bond acceptors (Lipinski definition) is 7. The predicted molar refractivity (Wildman–Crippen MR) is 95.0 cm³/mol. The number of nitrogens with one attached hydrogen (secondary N) is 2. The molecule has 1 aliphatic rings. The van der Waals surface area contributed by atoms with E-state index in [0.29, 0.717) is 24.7 Å². The van der Waals surface area contributed by atoms with Crippen molar-refractivity contribution in [3.05, 3.63) is 35.2 Å². The molecule has 1 aromatic carbocycles. The van der Waals surface area contributed by atoms with Crippen molar-refractivity contribution in [2.75, 3.05) is 13.2 Å². The maximum Gasteiger partial charge on any atom is 0.246 e. The molecular formula is C17H21N3O6S. The molecule has 0 fully saturated rings. The molecule has 0 spiro atoms. The van der Waals surface area contributed by atoms with Crippen LogP contribution in [0.3, 0.4) is 0 Å². The standard InChI is InChI=1S/C17H21N3O6S/c1-10-16(12(3)26-19-10)27(22,23)20-11(2)17(21)18-9-13-4-5-14-15(8-13)25-7-6-24-14/h4-5,8,11,20H,6-7,9H2,1-3H3,(H,18,21)/t11-/m0/s1. The highest BCUT2D eigenvalue weighted by molar-refractivity contribution is 7.89. The van der Waals surface area contributed by atoms with Crippen molar-refractivity contribution in [2.45, 2.75) is 38.3 Å². The smallest absolute Gasteiger partial charge is 0.246 e. The van der Waals surface area contributed by atoms with Gasteiger partial charge in [-0.3, -0.25) is 4.79 Å². The fraction of sp³-hybridized carbons (Fsp3) is 0.412. The van der Waals surface area contributed by atoms with Gasteiger partial charge in [0.2, 0.25) is 15.9 Å². The van der Waals surface area contributed by atoms with Gasteiger partial charge in [0.15, 0.2) is 17.3 Å². The van der Waals surface area contributed by atoms with Crippen molar-refractivity contribution in [1.29, 1.82) is 0 Å². The second-order valence-electron chi connectivity index (χ2n) is 6.19. The lowest BCUT2D eigenvalue weighted by Crippen LogP contribution is -2.44. The predicted octanol–water partition coefficient (Wildman–Crippen LogP) is 1.05. The van der Waals surface area contributed by atoms with E-state index < -0.39 is 22.0 Å². The van der Waals surface area contributed by atoms with Gasteiger partial charge in [-0.25, -0.2) is 8.42 Å². The van der Waals surface area contributed by atoms with Gasteiger partial charge < -0.3 is 19.3 Å². The minimum absolute atomic E-state index is 0.0472. The number of carbonyl (C=O) groups excluding carboxylic acids is 1. The Morgan fingerprint density at radius 2 is 1.93 bits per heavy atom. The number of benzene rings is 1. The monoisotopic (exact) mass is 395 g/mol. The quantitative estimate of drug-likeness (QED) is 0.750. The average molecular weight is 395 g/mol. The number of rotatable bonds is 6. The van der Waals surface area contributed by atoms with Crippen LogP contribution in [0.15, 0.2) is 27.6 Å². The van der Waals surface area contributed by atoms with Crippen molar-refractivity contribution >= 4 is 15.9 Å². The minimum Gasteiger partial charge on any atom is -0.486 e. The molecule has 2 aromatic rings. The Morgan fingerprint density at radius 1 is 1.22 bits per heavy atom. The molecule has 10 heteroatoms. The van der Waals surface area contributed by atoms with Crippen molar-refractivity contribution in [3.63, 3.8) is 0 Å². The van der Waals surface area contributed by atoms with Gasteiger partial charge in [-0.15, -0.1) is 0 Å². The van der Waals surface area contributed by atoms with Gasteiger partial charge in [-0.1, -0.05) is 11.2 Å². The summed E-state index contributed by atoms with van der Waals surface area (Å²) in [5.41, 5.74) is 1.05. The van der Waals surface area contributed by atoms with E-state index in [4.69, 9.17) is 14.0 Å². The molecule has 0 radical (unpaired) electrons. The molecule has 3 rings (SSSR count). The SMILES string of the molecule is Cc1noc(C)c1S(=O)(=O)N[C@@H](C)C(=O)NCc1ccc2c(c1)OCCO2. The number of amides is 1. The molecule has 2 heterocycles. The molecule has 0 aliphatic carbocycles. The Bertz CT molecular complexity index is 934. The third-order valence-corrected chi connectivity index (χ3v) is 5.82. The van der Waals surface area contributed by atoms with Crippen LogP contribution in [0, 0.1) is 13.8 Å². The van der Waals surface area contributed by atoms with Gasteiger partial charge >= 0.3 is 0 Å². The van der Waals surface area contributed by atoms with E-state index in [2.05, 4.69) is 15.2 Å². The molecule has 2 N–H and O–H groups in total. The zero-order valence-corrected chi connectivity index (χ0v) is 16.1. The first-order valence-corrected chi connectivity index (χ1v) is 9.87. The molecule has 1 amide bonds. The van der Waals surface area contributed by atoms with Gasteiger partial charge in [-0.2, -0.15) is 4.72 Å². The van der Waals surface area contributed by atoms with Gasteiger partial charge in [0.05, 0.1) is 6.04 Å². The lowest BCUT2D eigenvalue weighted by atomic mass is 10.2. The molecule has 1 aromatic heterocycles. The van der Waals surface area contributed by atoms with Gasteiger partial charge in [-0.05, 0) is 38.5 Å². The lowest BCUT2D eigenvalue weighted by Gasteiger charge is -2.19. The molecule has 9 nitrogen and oxygen atoms in total. The van der Waals surface area contributed by atoms with E-state index in [-0.39, 0.29) is 22.9 Å². The van der Waals surface area contributed by atoms with Crippen molar-refractivity contribution < 1.29 is 27.2 Å². The molecule has 0 saturated carbocycles. The van der Waals surface area contributed by atoms with Crippen LogP contribution >= 0.6 is 0 Å². The zero-order valence-electron chi connectivity index (χ0n) is 15.2. The maximum atomic E-state index is 12.5. The van der Waals surface area contributed by atoms with Crippen LogP contribution in [0.4, 0.5) is 0 Å². The van der Waals surface area contributed by atoms with Crippen LogP contribution in [-0.4, -0.2) is 38.7 Å². The highest BCUT2D eigenvalue weighted by Gasteiger charge is 2.28. The average Bonchev–Trinajstić information content (AvgIpc) is 2.98. The van der Waals surface area contributed by atoms with Crippen LogP contribution in [-0.2, 0) is 21.4 Å². The zero-order chi connectivity index (χ0) is 19.6. The van der Waals surface area contributed by atoms with Crippen LogP contribution in [0.25, 0.3) is 0 Å². The highest BCUT2D eigenvalue weighted by atomic mass is 32.2. The number of sulfonamides is 1. The molecule has 0 bridgehead atoms. The summed E-state index contributed by atoms with van der Waals surface area (Å²) in [6, 6.07) is 4.40. The Labute approximate surface area is 157 Å². The van der Waals surface area contributed by atoms with Crippen molar-refractivity contribution in [3.8, 4) is 11.5 Å². The van der Waals surface area contributed by atoms with E-state index in [1.807, 2.05) is 6.07 Å². The summed E-state index contributed by atoms with van der Waals surface area (Å²) in [7, 11) is -3.92. The summed E-state index contributed by atoms with van der Waals surface area (Å²) in [5.74, 6) is 1.00. The highest BCUT2D eigenvalue weighted by Crippen LogP contribution is 2.30. The number of fused-ring (bicyclic) bond motifs is 1. The van der Waals surface area contributed by atoms with Crippen LogP contribution < -0.4 is 19.5 Å². The van der Waals surface area contributed by atoms with E-state index in [0.717, 1.165) is 5.56 Å². The third kappa shape index (κ3) is 4.22. The van der Waals surface area contributed by atoms with E-state index in [1.165, 1.54) is 20.8 Å². The number of aryl methyl sites for hydroxylation is 2. The number of aromatic nitrogens is 1. The fourth-order valence-electron chi connectivity index (χ4n) is 2.74. The second kappa shape index (κ2) is 7.57. The summed E-state index contributed by atoms with van der Waals surface area (Å²) >= 11 is 0. The first kappa shape index (κ1) is 19.2. The van der Waals surface area contributed by atoms with Gasteiger partial charge in [0.1, 0.15) is 23.8 Å².